The number of nitrogens with one attached hydrogen (secondary N) is 1. The molecule has 3 amide bonds. The van der Waals surface area contributed by atoms with E-state index in [-0.39, 0.29) is 24.3 Å². The van der Waals surface area contributed by atoms with E-state index in [9.17, 15) is 14.4 Å². The lowest BCUT2D eigenvalue weighted by Gasteiger charge is -2.34. The molecule has 0 radical (unpaired) electrons. The van der Waals surface area contributed by atoms with Crippen molar-refractivity contribution in [1.29, 1.82) is 0 Å². The van der Waals surface area contributed by atoms with Crippen molar-refractivity contribution in [2.75, 3.05) is 32.7 Å². The van der Waals surface area contributed by atoms with Crippen LogP contribution >= 0.6 is 0 Å². The molecule has 0 unspecified atom stereocenters. The standard InChI is InChI=1S/C20H23N3O4/c1-14-9-15(2)11-17(10-14)19(25)21-12-18(24)22-4-6-23(7-5-22)20(26)16-3-8-27-13-16/h3,8-11,13H,4-7,12H2,1-2H3,(H,21,25). The number of amides is 3. The van der Waals surface area contributed by atoms with E-state index in [1.54, 1.807) is 28.0 Å². The summed E-state index contributed by atoms with van der Waals surface area (Å²) in [6.45, 7) is 5.62. The quantitative estimate of drug-likeness (QED) is 0.888. The second-order valence-electron chi connectivity index (χ2n) is 6.74. The molecule has 0 atom stereocenters. The molecule has 2 heterocycles. The van der Waals surface area contributed by atoms with Crippen LogP contribution in [-0.2, 0) is 4.79 Å². The molecule has 0 bridgehead atoms. The first kappa shape index (κ1) is 18.7. The van der Waals surface area contributed by atoms with Gasteiger partial charge in [0.05, 0.1) is 18.4 Å². The first-order chi connectivity index (χ1) is 12.9. The van der Waals surface area contributed by atoms with Gasteiger partial charge in [0.2, 0.25) is 5.91 Å². The highest BCUT2D eigenvalue weighted by molar-refractivity contribution is 5.97. The van der Waals surface area contributed by atoms with Crippen molar-refractivity contribution < 1.29 is 18.8 Å². The highest BCUT2D eigenvalue weighted by Gasteiger charge is 2.25. The zero-order chi connectivity index (χ0) is 19.4. The summed E-state index contributed by atoms with van der Waals surface area (Å²) in [5.74, 6) is -0.508. The van der Waals surface area contributed by atoms with E-state index >= 15 is 0 Å². The molecule has 27 heavy (non-hydrogen) atoms. The van der Waals surface area contributed by atoms with Crippen LogP contribution in [0.25, 0.3) is 0 Å². The molecule has 1 aliphatic rings. The summed E-state index contributed by atoms with van der Waals surface area (Å²) in [6.07, 6.45) is 2.88. The number of furan rings is 1. The maximum absolute atomic E-state index is 12.4. The van der Waals surface area contributed by atoms with Crippen molar-refractivity contribution in [1.82, 2.24) is 15.1 Å². The number of benzene rings is 1. The van der Waals surface area contributed by atoms with Gasteiger partial charge in [-0.2, -0.15) is 0 Å². The molecule has 142 valence electrons. The third kappa shape index (κ3) is 4.55. The highest BCUT2D eigenvalue weighted by Crippen LogP contribution is 2.10. The van der Waals surface area contributed by atoms with Crippen molar-refractivity contribution >= 4 is 17.7 Å². The minimum Gasteiger partial charge on any atom is -0.472 e. The molecule has 1 aromatic heterocycles. The fourth-order valence-corrected chi connectivity index (χ4v) is 3.20. The second kappa shape index (κ2) is 8.07. The molecule has 7 heteroatoms. The van der Waals surface area contributed by atoms with E-state index in [1.807, 2.05) is 19.9 Å². The molecule has 0 spiro atoms. The zero-order valence-corrected chi connectivity index (χ0v) is 15.5. The van der Waals surface area contributed by atoms with E-state index in [2.05, 4.69) is 5.32 Å². The fourth-order valence-electron chi connectivity index (χ4n) is 3.20. The van der Waals surface area contributed by atoms with Gasteiger partial charge in [0.1, 0.15) is 6.26 Å². The van der Waals surface area contributed by atoms with E-state index in [0.29, 0.717) is 37.3 Å². The van der Waals surface area contributed by atoms with Crippen LogP contribution in [0.15, 0.2) is 41.2 Å². The van der Waals surface area contributed by atoms with Crippen molar-refractivity contribution in [3.8, 4) is 0 Å². The average molecular weight is 369 g/mol. The average Bonchev–Trinajstić information content (AvgIpc) is 3.19. The fraction of sp³-hybridized carbons (Fsp3) is 0.350. The summed E-state index contributed by atoms with van der Waals surface area (Å²) in [7, 11) is 0. The molecule has 1 aliphatic heterocycles. The molecule has 1 fully saturated rings. The van der Waals surface area contributed by atoms with Gasteiger partial charge in [-0.15, -0.1) is 0 Å². The van der Waals surface area contributed by atoms with E-state index in [4.69, 9.17) is 4.42 Å². The van der Waals surface area contributed by atoms with Crippen LogP contribution in [-0.4, -0.2) is 60.2 Å². The van der Waals surface area contributed by atoms with Crippen molar-refractivity contribution in [3.63, 3.8) is 0 Å². The van der Waals surface area contributed by atoms with Crippen LogP contribution in [0, 0.1) is 13.8 Å². The topological polar surface area (TPSA) is 82.9 Å². The SMILES string of the molecule is Cc1cc(C)cc(C(=O)NCC(=O)N2CCN(C(=O)c3ccoc3)CC2)c1. The second-order valence-corrected chi connectivity index (χ2v) is 6.74. The first-order valence-electron chi connectivity index (χ1n) is 8.90. The number of carbonyl (C=O) groups is 3. The van der Waals surface area contributed by atoms with Gasteiger partial charge >= 0.3 is 0 Å². The predicted octanol–water partition coefficient (Wildman–Crippen LogP) is 1.61. The summed E-state index contributed by atoms with van der Waals surface area (Å²) in [5.41, 5.74) is 3.07. The normalized spacial score (nSPS) is 14.1. The molecule has 1 saturated heterocycles. The first-order valence-corrected chi connectivity index (χ1v) is 8.90. The number of carbonyl (C=O) groups excluding carboxylic acids is 3. The van der Waals surface area contributed by atoms with Gasteiger partial charge < -0.3 is 19.5 Å². The Morgan fingerprint density at radius 2 is 1.59 bits per heavy atom. The van der Waals surface area contributed by atoms with Gasteiger partial charge in [-0.25, -0.2) is 0 Å². The van der Waals surface area contributed by atoms with Crippen LogP contribution in [0.4, 0.5) is 0 Å². The molecule has 1 aromatic carbocycles. The third-order valence-electron chi connectivity index (χ3n) is 4.57. The van der Waals surface area contributed by atoms with Crippen LogP contribution in [0.2, 0.25) is 0 Å². The Hall–Kier alpha value is -3.09. The lowest BCUT2D eigenvalue weighted by molar-refractivity contribution is -0.131. The van der Waals surface area contributed by atoms with Crippen molar-refractivity contribution in [3.05, 3.63) is 59.0 Å². The summed E-state index contributed by atoms with van der Waals surface area (Å²) >= 11 is 0. The van der Waals surface area contributed by atoms with Gasteiger partial charge in [-0.1, -0.05) is 17.2 Å². The van der Waals surface area contributed by atoms with E-state index in [0.717, 1.165) is 11.1 Å². The van der Waals surface area contributed by atoms with Gasteiger partial charge in [-0.3, -0.25) is 14.4 Å². The summed E-state index contributed by atoms with van der Waals surface area (Å²) in [6, 6.07) is 7.22. The van der Waals surface area contributed by atoms with Gasteiger partial charge in [-0.05, 0) is 32.0 Å². The van der Waals surface area contributed by atoms with E-state index in [1.165, 1.54) is 12.5 Å². The molecule has 7 nitrogen and oxygen atoms in total. The zero-order valence-electron chi connectivity index (χ0n) is 15.5. The smallest absolute Gasteiger partial charge is 0.257 e. The predicted molar refractivity (Wildman–Crippen MR) is 99.4 cm³/mol. The lowest BCUT2D eigenvalue weighted by Crippen LogP contribution is -2.52. The summed E-state index contributed by atoms with van der Waals surface area (Å²) < 4.78 is 4.94. The largest absolute Gasteiger partial charge is 0.472 e. The van der Waals surface area contributed by atoms with Gasteiger partial charge in [0.25, 0.3) is 11.8 Å². The molecular formula is C20H23N3O4. The molecular weight excluding hydrogens is 346 g/mol. The van der Waals surface area contributed by atoms with Crippen LogP contribution in [0.1, 0.15) is 31.8 Å². The Kier molecular flexibility index (Phi) is 5.59. The molecule has 0 saturated carbocycles. The maximum Gasteiger partial charge on any atom is 0.257 e. The Morgan fingerprint density at radius 1 is 0.963 bits per heavy atom. The van der Waals surface area contributed by atoms with E-state index < -0.39 is 0 Å². The summed E-state index contributed by atoms with van der Waals surface area (Å²) in [4.78, 5) is 40.3. The molecule has 2 aromatic rings. The Morgan fingerprint density at radius 3 is 2.19 bits per heavy atom. The molecule has 0 aliphatic carbocycles. The number of piperazine rings is 1. The Balaban J connectivity index is 1.48. The number of rotatable bonds is 4. The van der Waals surface area contributed by atoms with Crippen LogP contribution < -0.4 is 5.32 Å². The Labute approximate surface area is 157 Å². The van der Waals surface area contributed by atoms with Crippen LogP contribution in [0.3, 0.4) is 0 Å². The van der Waals surface area contributed by atoms with Gasteiger partial charge in [0.15, 0.2) is 0 Å². The number of hydrogen-bond acceptors (Lipinski definition) is 4. The monoisotopic (exact) mass is 369 g/mol. The number of nitrogens with zero attached hydrogens (tertiary/aromatic N) is 2. The number of hydrogen-bond donors (Lipinski definition) is 1. The van der Waals surface area contributed by atoms with Crippen molar-refractivity contribution in [2.24, 2.45) is 0 Å². The summed E-state index contributed by atoms with van der Waals surface area (Å²) in [5, 5.41) is 2.68. The lowest BCUT2D eigenvalue weighted by atomic mass is 10.1. The molecule has 3 rings (SSSR count). The highest BCUT2D eigenvalue weighted by atomic mass is 16.3. The number of aryl methyl sites for hydroxylation is 2. The Bertz CT molecular complexity index is 817. The third-order valence-corrected chi connectivity index (χ3v) is 4.57. The molecule has 1 N–H and O–H groups in total. The minimum atomic E-state index is -0.260. The minimum absolute atomic E-state index is 0.0541. The van der Waals surface area contributed by atoms with Crippen LogP contribution in [0.5, 0.6) is 0 Å². The van der Waals surface area contributed by atoms with Gasteiger partial charge in [0, 0.05) is 31.7 Å². The van der Waals surface area contributed by atoms with Crippen molar-refractivity contribution in [2.45, 2.75) is 13.8 Å². The maximum atomic E-state index is 12.4.